The molecule has 1 aliphatic carbocycles. The fourth-order valence-corrected chi connectivity index (χ4v) is 2.83. The van der Waals surface area contributed by atoms with Gasteiger partial charge in [-0.2, -0.15) is 5.26 Å². The lowest BCUT2D eigenvalue weighted by Crippen LogP contribution is -2.40. The Hall–Kier alpha value is -1.63. The van der Waals surface area contributed by atoms with Crippen molar-refractivity contribution in [2.45, 2.75) is 45.6 Å². The molecule has 0 bridgehead atoms. The summed E-state index contributed by atoms with van der Waals surface area (Å²) in [7, 11) is 2.05. The minimum atomic E-state index is 0.486. The number of hydrogen-bond acceptors (Lipinski definition) is 4. The van der Waals surface area contributed by atoms with Gasteiger partial charge in [-0.15, -0.1) is 0 Å². The zero-order chi connectivity index (χ0) is 13.1. The molecule has 0 amide bonds. The predicted molar refractivity (Wildman–Crippen MR) is 71.3 cm³/mol. The van der Waals surface area contributed by atoms with Crippen LogP contribution in [0.5, 0.6) is 0 Å². The van der Waals surface area contributed by atoms with Gasteiger partial charge in [-0.1, -0.05) is 19.8 Å². The Balaban J connectivity index is 2.30. The summed E-state index contributed by atoms with van der Waals surface area (Å²) in [5.41, 5.74) is 0.570. The van der Waals surface area contributed by atoms with Crippen molar-refractivity contribution in [3.63, 3.8) is 0 Å². The SMILES string of the molecule is Cc1ncc(C#N)c(N(C)C2CCCCC2C)n1. The van der Waals surface area contributed by atoms with Crippen LogP contribution in [0.3, 0.4) is 0 Å². The molecule has 1 aliphatic rings. The van der Waals surface area contributed by atoms with Crippen molar-refractivity contribution in [2.75, 3.05) is 11.9 Å². The maximum Gasteiger partial charge on any atom is 0.150 e. The number of anilines is 1. The summed E-state index contributed by atoms with van der Waals surface area (Å²) >= 11 is 0. The average molecular weight is 244 g/mol. The highest BCUT2D eigenvalue weighted by Gasteiger charge is 2.27. The number of nitrogens with zero attached hydrogens (tertiary/aromatic N) is 4. The third kappa shape index (κ3) is 2.45. The highest BCUT2D eigenvalue weighted by atomic mass is 15.2. The molecule has 1 heterocycles. The van der Waals surface area contributed by atoms with Crippen molar-refractivity contribution >= 4 is 5.82 Å². The molecule has 2 rings (SSSR count). The van der Waals surface area contributed by atoms with Crippen LogP contribution in [0.25, 0.3) is 0 Å². The molecule has 2 atom stereocenters. The van der Waals surface area contributed by atoms with Crippen LogP contribution in [0, 0.1) is 24.2 Å². The van der Waals surface area contributed by atoms with E-state index >= 15 is 0 Å². The second kappa shape index (κ2) is 5.34. The van der Waals surface area contributed by atoms with Gasteiger partial charge in [0.25, 0.3) is 0 Å². The van der Waals surface area contributed by atoms with Gasteiger partial charge in [0.05, 0.1) is 6.20 Å². The lowest BCUT2D eigenvalue weighted by atomic mass is 9.85. The molecule has 2 unspecified atom stereocenters. The Kier molecular flexibility index (Phi) is 3.81. The first-order valence-electron chi connectivity index (χ1n) is 6.60. The maximum atomic E-state index is 9.17. The maximum absolute atomic E-state index is 9.17. The van der Waals surface area contributed by atoms with Gasteiger partial charge in [0.2, 0.25) is 0 Å². The van der Waals surface area contributed by atoms with E-state index in [1.165, 1.54) is 25.7 Å². The van der Waals surface area contributed by atoms with Crippen molar-refractivity contribution in [2.24, 2.45) is 5.92 Å². The zero-order valence-electron chi connectivity index (χ0n) is 11.3. The summed E-state index contributed by atoms with van der Waals surface area (Å²) in [6, 6.07) is 2.68. The van der Waals surface area contributed by atoms with Crippen LogP contribution >= 0.6 is 0 Å². The lowest BCUT2D eigenvalue weighted by molar-refractivity contribution is 0.320. The minimum absolute atomic E-state index is 0.486. The van der Waals surface area contributed by atoms with Gasteiger partial charge in [-0.25, -0.2) is 9.97 Å². The van der Waals surface area contributed by atoms with Crippen molar-refractivity contribution in [1.82, 2.24) is 9.97 Å². The fraction of sp³-hybridized carbons (Fsp3) is 0.643. The summed E-state index contributed by atoms with van der Waals surface area (Å²) in [6.07, 6.45) is 6.67. The second-order valence-corrected chi connectivity index (χ2v) is 5.21. The van der Waals surface area contributed by atoms with Crippen molar-refractivity contribution < 1.29 is 0 Å². The van der Waals surface area contributed by atoms with Crippen LogP contribution in [0.4, 0.5) is 5.82 Å². The number of aryl methyl sites for hydroxylation is 1. The highest BCUT2D eigenvalue weighted by molar-refractivity contribution is 5.53. The molecular weight excluding hydrogens is 224 g/mol. The van der Waals surface area contributed by atoms with Crippen LogP contribution in [0.15, 0.2) is 6.20 Å². The largest absolute Gasteiger partial charge is 0.355 e. The molecule has 1 aromatic heterocycles. The molecule has 0 radical (unpaired) electrons. The summed E-state index contributed by atoms with van der Waals surface area (Å²) in [5, 5.41) is 9.17. The Morgan fingerprint density at radius 2 is 2.11 bits per heavy atom. The van der Waals surface area contributed by atoms with Crippen molar-refractivity contribution in [3.05, 3.63) is 17.6 Å². The normalized spacial score (nSPS) is 23.4. The molecule has 0 aromatic carbocycles. The van der Waals surface area contributed by atoms with Crippen LogP contribution in [0.2, 0.25) is 0 Å². The summed E-state index contributed by atoms with van der Waals surface area (Å²) in [4.78, 5) is 10.7. The van der Waals surface area contributed by atoms with Crippen molar-refractivity contribution in [1.29, 1.82) is 5.26 Å². The smallest absolute Gasteiger partial charge is 0.150 e. The van der Waals surface area contributed by atoms with Gasteiger partial charge in [-0.05, 0) is 25.7 Å². The number of hydrogen-bond donors (Lipinski definition) is 0. The van der Waals surface area contributed by atoms with Gasteiger partial charge in [0, 0.05) is 13.1 Å². The molecule has 0 N–H and O–H groups in total. The monoisotopic (exact) mass is 244 g/mol. The standard InChI is InChI=1S/C14H20N4/c1-10-6-4-5-7-13(10)18(3)14-12(8-15)9-16-11(2)17-14/h9-10,13H,4-7H2,1-3H3. The van der Waals surface area contributed by atoms with E-state index in [2.05, 4.69) is 34.9 Å². The Morgan fingerprint density at radius 3 is 2.78 bits per heavy atom. The molecule has 1 aromatic rings. The van der Waals surface area contributed by atoms with E-state index in [4.69, 9.17) is 5.26 Å². The number of nitriles is 1. The Labute approximate surface area is 109 Å². The molecule has 1 saturated carbocycles. The second-order valence-electron chi connectivity index (χ2n) is 5.21. The fourth-order valence-electron chi connectivity index (χ4n) is 2.83. The number of rotatable bonds is 2. The highest BCUT2D eigenvalue weighted by Crippen LogP contribution is 2.30. The molecule has 0 saturated heterocycles. The Morgan fingerprint density at radius 1 is 1.39 bits per heavy atom. The minimum Gasteiger partial charge on any atom is -0.355 e. The van der Waals surface area contributed by atoms with E-state index in [-0.39, 0.29) is 0 Å². The first kappa shape index (κ1) is 12.8. The van der Waals surface area contributed by atoms with Crippen molar-refractivity contribution in [3.8, 4) is 6.07 Å². The van der Waals surface area contributed by atoms with Gasteiger partial charge < -0.3 is 4.90 Å². The van der Waals surface area contributed by atoms with E-state index in [0.717, 1.165) is 11.6 Å². The van der Waals surface area contributed by atoms with Crippen LogP contribution < -0.4 is 4.90 Å². The molecule has 4 heteroatoms. The van der Waals surface area contributed by atoms with E-state index < -0.39 is 0 Å². The van der Waals surface area contributed by atoms with Crippen LogP contribution in [0.1, 0.15) is 44.0 Å². The van der Waals surface area contributed by atoms with Gasteiger partial charge in [0.15, 0.2) is 0 Å². The summed E-state index contributed by atoms with van der Waals surface area (Å²) in [6.45, 7) is 4.16. The first-order valence-corrected chi connectivity index (χ1v) is 6.60. The molecular formula is C14H20N4. The van der Waals surface area contributed by atoms with E-state index in [1.54, 1.807) is 6.20 Å². The first-order chi connectivity index (χ1) is 8.63. The molecule has 96 valence electrons. The lowest BCUT2D eigenvalue weighted by Gasteiger charge is -2.37. The predicted octanol–water partition coefficient (Wildman–Crippen LogP) is 2.67. The zero-order valence-corrected chi connectivity index (χ0v) is 11.3. The van der Waals surface area contributed by atoms with Gasteiger partial charge >= 0.3 is 0 Å². The molecule has 0 aliphatic heterocycles. The quantitative estimate of drug-likeness (QED) is 0.802. The molecule has 1 fully saturated rings. The van der Waals surface area contributed by atoms with Crippen LogP contribution in [-0.4, -0.2) is 23.1 Å². The Bertz CT molecular complexity index is 463. The van der Waals surface area contributed by atoms with Gasteiger partial charge in [-0.3, -0.25) is 0 Å². The third-order valence-corrected chi connectivity index (χ3v) is 3.91. The average Bonchev–Trinajstić information content (AvgIpc) is 2.38. The molecule has 0 spiro atoms. The third-order valence-electron chi connectivity index (χ3n) is 3.91. The summed E-state index contributed by atoms with van der Waals surface area (Å²) in [5.74, 6) is 2.16. The molecule has 18 heavy (non-hydrogen) atoms. The van der Waals surface area contributed by atoms with E-state index in [9.17, 15) is 0 Å². The molecule has 4 nitrogen and oxygen atoms in total. The summed E-state index contributed by atoms with van der Waals surface area (Å²) < 4.78 is 0. The van der Waals surface area contributed by atoms with E-state index in [0.29, 0.717) is 17.5 Å². The topological polar surface area (TPSA) is 52.8 Å². The van der Waals surface area contributed by atoms with Crippen LogP contribution in [-0.2, 0) is 0 Å². The van der Waals surface area contributed by atoms with E-state index in [1.807, 2.05) is 6.92 Å². The number of aromatic nitrogens is 2. The van der Waals surface area contributed by atoms with Gasteiger partial charge in [0.1, 0.15) is 23.3 Å².